The molecule has 2 atom stereocenters. The van der Waals surface area contributed by atoms with Gasteiger partial charge in [0.1, 0.15) is 23.5 Å². The van der Waals surface area contributed by atoms with Gasteiger partial charge in [0.25, 0.3) is 11.8 Å². The molecule has 346 valence electrons. The third-order valence-corrected chi connectivity index (χ3v) is 13.2. The van der Waals surface area contributed by atoms with E-state index in [-0.39, 0.29) is 73.6 Å². The van der Waals surface area contributed by atoms with Crippen molar-refractivity contribution in [3.63, 3.8) is 0 Å². The first kappa shape index (κ1) is 45.4. The minimum absolute atomic E-state index is 0.0317. The molecule has 2 saturated heterocycles. The van der Waals surface area contributed by atoms with Gasteiger partial charge in [-0.2, -0.15) is 4.98 Å². The van der Waals surface area contributed by atoms with E-state index in [1.165, 1.54) is 4.90 Å². The van der Waals surface area contributed by atoms with Crippen LogP contribution in [-0.4, -0.2) is 139 Å². The molecular weight excluding hydrogens is 835 g/mol. The molecule has 19 nitrogen and oxygen atoms in total. The van der Waals surface area contributed by atoms with E-state index in [0.29, 0.717) is 71.6 Å². The van der Waals surface area contributed by atoms with Gasteiger partial charge in [-0.1, -0.05) is 25.8 Å². The van der Waals surface area contributed by atoms with Crippen LogP contribution in [0.2, 0.25) is 0 Å². The molecule has 0 bridgehead atoms. The maximum atomic E-state index is 13.4. The normalized spacial score (nSPS) is 20.4. The Kier molecular flexibility index (Phi) is 14.2. The van der Waals surface area contributed by atoms with E-state index in [4.69, 9.17) is 14.5 Å². The van der Waals surface area contributed by atoms with E-state index in [1.807, 2.05) is 6.92 Å². The third kappa shape index (κ3) is 10.1. The Morgan fingerprint density at radius 2 is 1.77 bits per heavy atom. The minimum Gasteiger partial charge on any atom is -0.495 e. The predicted octanol–water partition coefficient (Wildman–Crippen LogP) is 2.93. The molecule has 1 saturated carbocycles. The number of nitrogens with one attached hydrogen (secondary N) is 5. The molecule has 8 rings (SSSR count). The van der Waals surface area contributed by atoms with Gasteiger partial charge in [0.15, 0.2) is 5.82 Å². The average molecular weight is 894 g/mol. The second kappa shape index (κ2) is 20.3. The molecule has 0 radical (unpaired) electrons. The SMILES string of the molecule is CC[C@@H]1C(=O)N(C)c2cnc(Nc3ccc(C(=O)NC4CCN(CCOCCNCC(=O)Nc5cccc6c5CN(C5CCC(=O)NC5=O)C6=O)CC4)cc3OC)nc2N1C1CCCC1. The van der Waals surface area contributed by atoms with Gasteiger partial charge in [0, 0.05) is 80.7 Å². The second-order valence-electron chi connectivity index (χ2n) is 17.3. The number of likely N-dealkylation sites (tertiary alicyclic amines) is 1. The van der Waals surface area contributed by atoms with Gasteiger partial charge in [-0.25, -0.2) is 4.98 Å². The fraction of sp³-hybridized carbons (Fsp3) is 0.522. The number of piperidine rings is 2. The van der Waals surface area contributed by atoms with Gasteiger partial charge in [-0.15, -0.1) is 0 Å². The molecule has 1 aromatic heterocycles. The lowest BCUT2D eigenvalue weighted by Gasteiger charge is -2.43. The van der Waals surface area contributed by atoms with Crippen LogP contribution in [-0.2, 0) is 30.5 Å². The number of ether oxygens (including phenoxy) is 2. The Labute approximate surface area is 378 Å². The monoisotopic (exact) mass is 893 g/mol. The average Bonchev–Trinajstić information content (AvgIpc) is 3.96. The highest BCUT2D eigenvalue weighted by atomic mass is 16.5. The van der Waals surface area contributed by atoms with Crippen molar-refractivity contribution in [1.29, 1.82) is 0 Å². The first-order valence-corrected chi connectivity index (χ1v) is 22.8. The number of rotatable bonds is 17. The number of amides is 6. The van der Waals surface area contributed by atoms with Gasteiger partial charge >= 0.3 is 0 Å². The zero-order valence-electron chi connectivity index (χ0n) is 37.3. The van der Waals surface area contributed by atoms with Crippen molar-refractivity contribution in [3.8, 4) is 5.75 Å². The zero-order valence-corrected chi connectivity index (χ0v) is 37.3. The minimum atomic E-state index is -0.728. The molecule has 3 aromatic rings. The van der Waals surface area contributed by atoms with Gasteiger partial charge in [-0.05, 0) is 68.9 Å². The summed E-state index contributed by atoms with van der Waals surface area (Å²) in [5.74, 6) is 0.111. The number of fused-ring (bicyclic) bond motifs is 2. The van der Waals surface area contributed by atoms with E-state index in [9.17, 15) is 28.8 Å². The first-order valence-electron chi connectivity index (χ1n) is 22.8. The lowest BCUT2D eigenvalue weighted by atomic mass is 10.0. The molecule has 4 aliphatic heterocycles. The fourth-order valence-corrected chi connectivity index (χ4v) is 9.61. The first-order chi connectivity index (χ1) is 31.5. The van der Waals surface area contributed by atoms with Crippen LogP contribution < -0.4 is 41.1 Å². The highest BCUT2D eigenvalue weighted by molar-refractivity contribution is 6.07. The highest BCUT2D eigenvalue weighted by Crippen LogP contribution is 2.40. The van der Waals surface area contributed by atoms with E-state index in [2.05, 4.69) is 41.4 Å². The molecule has 5 aliphatic rings. The molecule has 65 heavy (non-hydrogen) atoms. The smallest absolute Gasteiger partial charge is 0.255 e. The van der Waals surface area contributed by atoms with Gasteiger partial charge in [0.2, 0.25) is 29.6 Å². The molecule has 3 fully saturated rings. The summed E-state index contributed by atoms with van der Waals surface area (Å²) in [6, 6.07) is 9.66. The molecule has 5 N–H and O–H groups in total. The fourth-order valence-electron chi connectivity index (χ4n) is 9.61. The lowest BCUT2D eigenvalue weighted by molar-refractivity contribution is -0.137. The van der Waals surface area contributed by atoms with Crippen molar-refractivity contribution in [2.24, 2.45) is 0 Å². The van der Waals surface area contributed by atoms with Crippen molar-refractivity contribution < 1.29 is 38.2 Å². The van der Waals surface area contributed by atoms with Gasteiger partial charge < -0.3 is 50.3 Å². The number of imide groups is 1. The Balaban J connectivity index is 0.734. The summed E-state index contributed by atoms with van der Waals surface area (Å²) in [5, 5.41) is 14.8. The molecule has 1 aliphatic carbocycles. The number of hydrogen-bond donors (Lipinski definition) is 5. The molecular formula is C46H59N11O8. The number of aromatic nitrogens is 2. The van der Waals surface area contributed by atoms with Gasteiger partial charge in [0.05, 0.1) is 38.8 Å². The van der Waals surface area contributed by atoms with Crippen LogP contribution in [0, 0.1) is 0 Å². The van der Waals surface area contributed by atoms with E-state index in [1.54, 1.807) is 61.7 Å². The maximum Gasteiger partial charge on any atom is 0.255 e. The van der Waals surface area contributed by atoms with Crippen LogP contribution in [0.4, 0.5) is 28.8 Å². The number of methoxy groups -OCH3 is 1. The van der Waals surface area contributed by atoms with Crippen LogP contribution in [0.3, 0.4) is 0 Å². The number of carbonyl (C=O) groups is 6. The molecule has 5 heterocycles. The number of benzene rings is 2. The lowest BCUT2D eigenvalue weighted by Crippen LogP contribution is -2.55. The Morgan fingerprint density at radius 1 is 0.969 bits per heavy atom. The summed E-state index contributed by atoms with van der Waals surface area (Å²) in [7, 11) is 3.34. The van der Waals surface area contributed by atoms with Crippen molar-refractivity contribution >= 4 is 64.3 Å². The Bertz CT molecular complexity index is 2300. The van der Waals surface area contributed by atoms with E-state index in [0.717, 1.165) is 64.0 Å². The Morgan fingerprint density at radius 3 is 2.52 bits per heavy atom. The summed E-state index contributed by atoms with van der Waals surface area (Å²) in [6.45, 7) is 6.08. The number of likely N-dealkylation sites (N-methyl/N-ethyl adjacent to an activating group) is 1. The van der Waals surface area contributed by atoms with Crippen LogP contribution >= 0.6 is 0 Å². The zero-order chi connectivity index (χ0) is 45.6. The van der Waals surface area contributed by atoms with Gasteiger partial charge in [-0.3, -0.25) is 34.1 Å². The summed E-state index contributed by atoms with van der Waals surface area (Å²) < 4.78 is 11.5. The Hall–Kier alpha value is -6.18. The van der Waals surface area contributed by atoms with Crippen molar-refractivity contribution in [3.05, 3.63) is 59.3 Å². The molecule has 1 unspecified atom stereocenters. The van der Waals surface area contributed by atoms with Crippen LogP contribution in [0.25, 0.3) is 0 Å². The van der Waals surface area contributed by atoms with Crippen molar-refractivity contribution in [2.45, 2.75) is 95.4 Å². The summed E-state index contributed by atoms with van der Waals surface area (Å²) >= 11 is 0. The highest BCUT2D eigenvalue weighted by Gasteiger charge is 2.42. The van der Waals surface area contributed by atoms with Crippen LogP contribution in [0.5, 0.6) is 5.75 Å². The maximum absolute atomic E-state index is 13.4. The molecule has 6 amide bonds. The second-order valence-corrected chi connectivity index (χ2v) is 17.3. The predicted molar refractivity (Wildman–Crippen MR) is 242 cm³/mol. The summed E-state index contributed by atoms with van der Waals surface area (Å²) in [4.78, 5) is 93.7. The number of anilines is 5. The standard InChI is InChI=1S/C46H59N11O8/c1-4-35-45(63)54(2)37-25-48-46(53-41(37)57(35)30-8-5-6-9-30)51-34-13-12-28(24-38(34)64-3)42(60)49-29-16-19-55(20-17-29)21-23-65-22-18-47-26-40(59)50-33-11-7-10-31-32(33)27-56(44(31)62)36-14-15-39(58)52-43(36)61/h7,10-13,24-25,29-30,35-36,47H,4-6,8-9,14-23,26-27H2,1-3H3,(H,49,60)(H,50,59)(H,48,51,53)(H,52,58,61)/t35-,36?/m1/s1. The largest absolute Gasteiger partial charge is 0.495 e. The van der Waals surface area contributed by atoms with Crippen molar-refractivity contribution in [2.75, 3.05) is 80.5 Å². The molecule has 2 aromatic carbocycles. The quantitative estimate of drug-likeness (QED) is 0.0973. The van der Waals surface area contributed by atoms with E-state index >= 15 is 0 Å². The van der Waals surface area contributed by atoms with Crippen LogP contribution in [0.1, 0.15) is 91.0 Å². The third-order valence-electron chi connectivity index (χ3n) is 13.2. The number of hydrogen-bond acceptors (Lipinski definition) is 14. The number of carbonyl (C=O) groups excluding carboxylic acids is 6. The van der Waals surface area contributed by atoms with E-state index < -0.39 is 11.9 Å². The number of nitrogens with zero attached hydrogens (tertiary/aromatic N) is 6. The molecule has 19 heteroatoms. The molecule has 0 spiro atoms. The summed E-state index contributed by atoms with van der Waals surface area (Å²) in [6.07, 6.45) is 8.76. The summed E-state index contributed by atoms with van der Waals surface area (Å²) in [5.41, 5.74) is 3.39. The van der Waals surface area contributed by atoms with Crippen LogP contribution in [0.15, 0.2) is 42.6 Å². The van der Waals surface area contributed by atoms with Crippen molar-refractivity contribution in [1.82, 2.24) is 35.7 Å². The topological polar surface area (TPSA) is 220 Å².